The number of ether oxygens (including phenoxy) is 2. The summed E-state index contributed by atoms with van der Waals surface area (Å²) in [5.41, 5.74) is 1.24. The molecule has 0 spiro atoms. The van der Waals surface area contributed by atoms with Crippen molar-refractivity contribution in [3.05, 3.63) is 23.8 Å². The van der Waals surface area contributed by atoms with Crippen molar-refractivity contribution >= 4 is 11.8 Å². The van der Waals surface area contributed by atoms with Crippen LogP contribution in [0.4, 0.5) is 0 Å². The van der Waals surface area contributed by atoms with Gasteiger partial charge in [0.15, 0.2) is 0 Å². The minimum atomic E-state index is 0.287. The Morgan fingerprint density at radius 2 is 2.24 bits per heavy atom. The first-order valence-corrected chi connectivity index (χ1v) is 6.72. The van der Waals surface area contributed by atoms with E-state index in [-0.39, 0.29) is 6.04 Å². The first-order valence-electron chi connectivity index (χ1n) is 5.84. The maximum atomic E-state index is 5.46. The van der Waals surface area contributed by atoms with Crippen LogP contribution in [0.1, 0.15) is 18.5 Å². The van der Waals surface area contributed by atoms with Crippen LogP contribution in [0.3, 0.4) is 0 Å². The van der Waals surface area contributed by atoms with Crippen LogP contribution in [-0.2, 0) is 4.74 Å². The maximum Gasteiger partial charge on any atom is 0.124 e. The fourth-order valence-electron chi connectivity index (χ4n) is 1.84. The van der Waals surface area contributed by atoms with Gasteiger partial charge in [0.25, 0.3) is 0 Å². The van der Waals surface area contributed by atoms with Crippen LogP contribution >= 0.6 is 11.8 Å². The highest BCUT2D eigenvalue weighted by molar-refractivity contribution is 8.00. The molecule has 0 aromatic heterocycles. The first kappa shape index (κ1) is 12.7. The highest BCUT2D eigenvalue weighted by atomic mass is 32.2. The van der Waals surface area contributed by atoms with Crippen molar-refractivity contribution < 1.29 is 9.47 Å². The van der Waals surface area contributed by atoms with E-state index < -0.39 is 0 Å². The molecule has 2 rings (SSSR count). The van der Waals surface area contributed by atoms with E-state index in [0.29, 0.717) is 5.25 Å². The van der Waals surface area contributed by atoms with Gasteiger partial charge in [0.05, 0.1) is 25.6 Å². The lowest BCUT2D eigenvalue weighted by molar-refractivity contribution is 0.0455. The molecular formula is C13H19NO2S. The highest BCUT2D eigenvalue weighted by Crippen LogP contribution is 2.38. The molecule has 1 aliphatic heterocycles. The Kier molecular flexibility index (Phi) is 4.31. The third-order valence-corrected chi connectivity index (χ3v) is 4.23. The summed E-state index contributed by atoms with van der Waals surface area (Å²) in [6.07, 6.45) is 0. The molecular weight excluding hydrogens is 234 g/mol. The maximum absolute atomic E-state index is 5.46. The molecule has 0 amide bonds. The molecule has 0 radical (unpaired) electrons. The van der Waals surface area contributed by atoms with E-state index in [1.807, 2.05) is 30.9 Å². The number of nitrogens with one attached hydrogen (secondary N) is 1. The van der Waals surface area contributed by atoms with Crippen molar-refractivity contribution in [1.29, 1.82) is 0 Å². The summed E-state index contributed by atoms with van der Waals surface area (Å²) in [4.78, 5) is 1.29. The largest absolute Gasteiger partial charge is 0.496 e. The number of methoxy groups -OCH3 is 1. The van der Waals surface area contributed by atoms with Gasteiger partial charge in [-0.15, -0.1) is 11.8 Å². The zero-order valence-corrected chi connectivity index (χ0v) is 11.3. The Hall–Kier alpha value is -0.710. The second-order valence-electron chi connectivity index (χ2n) is 4.16. The fraction of sp³-hybridized carbons (Fsp3) is 0.538. The van der Waals surface area contributed by atoms with E-state index in [2.05, 4.69) is 18.3 Å². The quantitative estimate of drug-likeness (QED) is 0.873. The van der Waals surface area contributed by atoms with Gasteiger partial charge in [0, 0.05) is 16.5 Å². The summed E-state index contributed by atoms with van der Waals surface area (Å²) in [5.74, 6) is 0.956. The van der Waals surface area contributed by atoms with Gasteiger partial charge in [-0.05, 0) is 26.1 Å². The molecule has 1 heterocycles. The topological polar surface area (TPSA) is 30.5 Å². The Labute approximate surface area is 107 Å². The van der Waals surface area contributed by atoms with Gasteiger partial charge in [-0.1, -0.05) is 6.07 Å². The molecule has 1 unspecified atom stereocenters. The third kappa shape index (κ3) is 2.76. The lowest BCUT2D eigenvalue weighted by atomic mass is 10.1. The van der Waals surface area contributed by atoms with Gasteiger partial charge in [-0.2, -0.15) is 0 Å². The molecule has 94 valence electrons. The summed E-state index contributed by atoms with van der Waals surface area (Å²) in [7, 11) is 3.69. The summed E-state index contributed by atoms with van der Waals surface area (Å²) in [6, 6.07) is 6.51. The lowest BCUT2D eigenvalue weighted by Gasteiger charge is -2.27. The van der Waals surface area contributed by atoms with Crippen LogP contribution in [0, 0.1) is 0 Å². The molecule has 1 atom stereocenters. The number of rotatable bonds is 5. The third-order valence-electron chi connectivity index (χ3n) is 3.01. The lowest BCUT2D eigenvalue weighted by Crippen LogP contribution is -2.30. The number of thioether (sulfide) groups is 1. The zero-order valence-electron chi connectivity index (χ0n) is 10.5. The number of hydrogen-bond donors (Lipinski definition) is 1. The van der Waals surface area contributed by atoms with Crippen LogP contribution in [0.25, 0.3) is 0 Å². The average Bonchev–Trinajstić information content (AvgIpc) is 2.32. The smallest absolute Gasteiger partial charge is 0.124 e. The van der Waals surface area contributed by atoms with E-state index in [4.69, 9.17) is 9.47 Å². The van der Waals surface area contributed by atoms with E-state index in [1.165, 1.54) is 10.5 Å². The van der Waals surface area contributed by atoms with E-state index >= 15 is 0 Å². The summed E-state index contributed by atoms with van der Waals surface area (Å²) in [6.45, 7) is 3.86. The van der Waals surface area contributed by atoms with Crippen molar-refractivity contribution in [2.45, 2.75) is 23.1 Å². The molecule has 1 fully saturated rings. The zero-order chi connectivity index (χ0) is 12.3. The van der Waals surface area contributed by atoms with Crippen LogP contribution in [0.5, 0.6) is 5.75 Å². The van der Waals surface area contributed by atoms with Gasteiger partial charge in [0.2, 0.25) is 0 Å². The summed E-state index contributed by atoms with van der Waals surface area (Å²) >= 11 is 1.89. The predicted octanol–water partition coefficient (Wildman–Crippen LogP) is 2.47. The molecule has 1 aromatic carbocycles. The van der Waals surface area contributed by atoms with E-state index in [9.17, 15) is 0 Å². The normalized spacial score (nSPS) is 17.6. The van der Waals surface area contributed by atoms with Gasteiger partial charge < -0.3 is 14.8 Å². The molecule has 1 aromatic rings. The van der Waals surface area contributed by atoms with Crippen molar-refractivity contribution in [2.24, 2.45) is 0 Å². The molecule has 1 N–H and O–H groups in total. The standard InChI is InChI=1S/C13H19NO2S/c1-9(14-2)13-11(15-3)5-4-6-12(13)17-10-7-16-8-10/h4-6,9-10,14H,7-8H2,1-3H3. The molecule has 1 saturated heterocycles. The Morgan fingerprint density at radius 1 is 1.47 bits per heavy atom. The van der Waals surface area contributed by atoms with Crippen molar-refractivity contribution in [2.75, 3.05) is 27.4 Å². The van der Waals surface area contributed by atoms with Crippen LogP contribution < -0.4 is 10.1 Å². The first-order chi connectivity index (χ1) is 8.26. The van der Waals surface area contributed by atoms with Crippen molar-refractivity contribution in [3.63, 3.8) is 0 Å². The van der Waals surface area contributed by atoms with Crippen molar-refractivity contribution in [3.8, 4) is 5.75 Å². The minimum absolute atomic E-state index is 0.287. The molecule has 3 nitrogen and oxygen atoms in total. The minimum Gasteiger partial charge on any atom is -0.496 e. The predicted molar refractivity (Wildman–Crippen MR) is 70.9 cm³/mol. The molecule has 1 aliphatic rings. The summed E-state index contributed by atoms with van der Waals surface area (Å²) < 4.78 is 10.7. The highest BCUT2D eigenvalue weighted by Gasteiger charge is 2.23. The average molecular weight is 253 g/mol. The number of benzene rings is 1. The van der Waals surface area contributed by atoms with Gasteiger partial charge in [0.1, 0.15) is 5.75 Å². The second-order valence-corrected chi connectivity index (χ2v) is 5.50. The van der Waals surface area contributed by atoms with Gasteiger partial charge in [-0.3, -0.25) is 0 Å². The number of hydrogen-bond acceptors (Lipinski definition) is 4. The fourth-order valence-corrected chi connectivity index (χ4v) is 3.09. The second kappa shape index (κ2) is 5.76. The SMILES string of the molecule is CNC(C)c1c(OC)cccc1SC1COC1. The molecule has 4 heteroatoms. The Bertz CT molecular complexity index is 380. The summed E-state index contributed by atoms with van der Waals surface area (Å²) in [5, 5.41) is 3.87. The van der Waals surface area contributed by atoms with E-state index in [1.54, 1.807) is 7.11 Å². The van der Waals surface area contributed by atoms with Crippen LogP contribution in [-0.4, -0.2) is 32.6 Å². The van der Waals surface area contributed by atoms with Gasteiger partial charge in [-0.25, -0.2) is 0 Å². The molecule has 0 saturated carbocycles. The Morgan fingerprint density at radius 3 is 2.76 bits per heavy atom. The van der Waals surface area contributed by atoms with Crippen LogP contribution in [0.15, 0.2) is 23.1 Å². The molecule has 0 bridgehead atoms. The monoisotopic (exact) mass is 253 g/mol. The van der Waals surface area contributed by atoms with E-state index in [0.717, 1.165) is 19.0 Å². The van der Waals surface area contributed by atoms with Crippen LogP contribution in [0.2, 0.25) is 0 Å². The molecule has 0 aliphatic carbocycles. The Balaban J connectivity index is 2.27. The van der Waals surface area contributed by atoms with Crippen molar-refractivity contribution in [1.82, 2.24) is 5.32 Å². The van der Waals surface area contributed by atoms with Gasteiger partial charge >= 0.3 is 0 Å². The molecule has 17 heavy (non-hydrogen) atoms.